The number of aliphatic hydroxyl groups excluding tert-OH is 1. The van der Waals surface area contributed by atoms with Gasteiger partial charge in [0.2, 0.25) is 0 Å². The van der Waals surface area contributed by atoms with E-state index < -0.39 is 29.9 Å². The zero-order valence-corrected chi connectivity index (χ0v) is 15.7. The number of nitrogens with one attached hydrogen (secondary N) is 2. The van der Waals surface area contributed by atoms with Crippen LogP contribution < -0.4 is 10.6 Å². The Kier molecular flexibility index (Phi) is 8.93. The molecule has 0 aliphatic carbocycles. The number of hydrogen-bond acceptors (Lipinski definition) is 3. The van der Waals surface area contributed by atoms with Crippen molar-refractivity contribution in [3.8, 4) is 0 Å². The van der Waals surface area contributed by atoms with Gasteiger partial charge in [0.15, 0.2) is 0 Å². The first-order valence-electron chi connectivity index (χ1n) is 8.77. The predicted octanol–water partition coefficient (Wildman–Crippen LogP) is 2.19. The third-order valence-corrected chi connectivity index (χ3v) is 3.89. The highest BCUT2D eigenvalue weighted by atomic mass is 19.1. The number of carbonyl (C=O) groups excluding carboxylic acids is 1. The lowest BCUT2D eigenvalue weighted by Gasteiger charge is -2.29. The monoisotopic (exact) mass is 387 g/mol. The van der Waals surface area contributed by atoms with Crippen LogP contribution in [0.2, 0.25) is 0 Å². The normalized spacial score (nSPS) is 13.1. The molecule has 2 unspecified atom stereocenters. The van der Waals surface area contributed by atoms with Crippen LogP contribution in [0.25, 0.3) is 0 Å². The minimum atomic E-state index is -1.39. The van der Waals surface area contributed by atoms with Crippen LogP contribution >= 0.6 is 0 Å². The number of rotatable bonds is 9. The first-order valence-corrected chi connectivity index (χ1v) is 8.77. The Hall–Kier alpha value is -2.42. The maximum Gasteiger partial charge on any atom is 0.404 e. The average Bonchev–Trinajstić information content (AvgIpc) is 2.55. The fraction of sp³-hybridized carbons (Fsp3) is 0.556. The lowest BCUT2D eigenvalue weighted by atomic mass is 10.0. The molecule has 4 N–H and O–H groups in total. The second-order valence-corrected chi connectivity index (χ2v) is 6.72. The summed E-state index contributed by atoms with van der Waals surface area (Å²) in [5, 5.41) is 24.3. The van der Waals surface area contributed by atoms with E-state index >= 15 is 0 Å². The van der Waals surface area contributed by atoms with E-state index in [4.69, 9.17) is 5.11 Å². The van der Waals surface area contributed by atoms with Crippen LogP contribution in [-0.2, 0) is 6.42 Å². The van der Waals surface area contributed by atoms with E-state index in [0.717, 1.165) is 12.1 Å². The van der Waals surface area contributed by atoms with Gasteiger partial charge in [-0.15, -0.1) is 0 Å². The van der Waals surface area contributed by atoms with Crippen molar-refractivity contribution in [1.29, 1.82) is 0 Å². The van der Waals surface area contributed by atoms with E-state index in [2.05, 4.69) is 10.6 Å². The molecule has 0 saturated heterocycles. The van der Waals surface area contributed by atoms with Gasteiger partial charge in [0.1, 0.15) is 11.6 Å². The van der Waals surface area contributed by atoms with Crippen molar-refractivity contribution in [2.45, 2.75) is 39.3 Å². The van der Waals surface area contributed by atoms with E-state index in [-0.39, 0.29) is 30.5 Å². The summed E-state index contributed by atoms with van der Waals surface area (Å²) in [5.74, 6) is -1.34. The number of hydrogen-bond donors (Lipinski definition) is 4. The third kappa shape index (κ3) is 8.21. The Morgan fingerprint density at radius 1 is 1.19 bits per heavy atom. The maximum absolute atomic E-state index is 13.4. The van der Waals surface area contributed by atoms with Crippen molar-refractivity contribution < 1.29 is 28.6 Å². The Morgan fingerprint density at radius 3 is 2.26 bits per heavy atom. The molecule has 1 aromatic rings. The second kappa shape index (κ2) is 10.7. The molecular formula is C18H27F2N3O4. The number of likely N-dealkylation sites (N-methyl/N-ethyl adjacent to an activating group) is 1. The molecule has 1 aromatic carbocycles. The van der Waals surface area contributed by atoms with Crippen molar-refractivity contribution in [3.63, 3.8) is 0 Å². The van der Waals surface area contributed by atoms with Crippen LogP contribution in [0.1, 0.15) is 26.3 Å². The SMILES string of the molecule is CCN(CC(O)C(Cc1cc(F)cc(F)c1)NC(=O)O)C(=O)NCC(C)C. The molecule has 152 valence electrons. The van der Waals surface area contributed by atoms with E-state index in [1.165, 1.54) is 4.90 Å². The fourth-order valence-corrected chi connectivity index (χ4v) is 2.54. The Labute approximate surface area is 157 Å². The summed E-state index contributed by atoms with van der Waals surface area (Å²) in [6.45, 7) is 6.24. The van der Waals surface area contributed by atoms with Crippen LogP contribution in [0.3, 0.4) is 0 Å². The molecule has 7 nitrogen and oxygen atoms in total. The van der Waals surface area contributed by atoms with Gasteiger partial charge < -0.3 is 25.7 Å². The Bertz CT molecular complexity index is 623. The number of halogens is 2. The highest BCUT2D eigenvalue weighted by Crippen LogP contribution is 2.12. The number of amides is 3. The summed E-state index contributed by atoms with van der Waals surface area (Å²) in [7, 11) is 0. The third-order valence-electron chi connectivity index (χ3n) is 3.89. The maximum atomic E-state index is 13.4. The van der Waals surface area contributed by atoms with Gasteiger partial charge in [-0.25, -0.2) is 18.4 Å². The molecule has 0 saturated carbocycles. The predicted molar refractivity (Wildman–Crippen MR) is 96.5 cm³/mol. The van der Waals surface area contributed by atoms with Crippen LogP contribution in [0.15, 0.2) is 18.2 Å². The van der Waals surface area contributed by atoms with Crippen LogP contribution in [0.4, 0.5) is 18.4 Å². The molecule has 1 rings (SSSR count). The van der Waals surface area contributed by atoms with Crippen LogP contribution in [-0.4, -0.2) is 59.0 Å². The summed E-state index contributed by atoms with van der Waals surface area (Å²) < 4.78 is 26.7. The highest BCUT2D eigenvalue weighted by Gasteiger charge is 2.26. The number of nitrogens with zero attached hydrogens (tertiary/aromatic N) is 1. The molecule has 0 heterocycles. The first-order chi connectivity index (χ1) is 12.6. The standard InChI is InChI=1S/C18H27F2N3O4/c1-4-23(17(25)21-9-11(2)3)10-16(24)15(22-18(26)27)7-12-5-13(19)8-14(20)6-12/h5-6,8,11,15-16,22,24H,4,7,9-10H2,1-3H3,(H,21,25)(H,26,27). The zero-order valence-electron chi connectivity index (χ0n) is 15.7. The van der Waals surface area contributed by atoms with Gasteiger partial charge in [-0.1, -0.05) is 13.8 Å². The highest BCUT2D eigenvalue weighted by molar-refractivity contribution is 5.74. The van der Waals surface area contributed by atoms with Crippen molar-refractivity contribution in [2.24, 2.45) is 5.92 Å². The second-order valence-electron chi connectivity index (χ2n) is 6.72. The summed E-state index contributed by atoms with van der Waals surface area (Å²) >= 11 is 0. The Morgan fingerprint density at radius 2 is 1.78 bits per heavy atom. The van der Waals surface area contributed by atoms with E-state index in [1.54, 1.807) is 6.92 Å². The molecule has 0 aliphatic heterocycles. The van der Waals surface area contributed by atoms with Gasteiger partial charge in [0.25, 0.3) is 0 Å². The quantitative estimate of drug-likeness (QED) is 0.522. The van der Waals surface area contributed by atoms with Gasteiger partial charge in [-0.2, -0.15) is 0 Å². The largest absolute Gasteiger partial charge is 0.465 e. The van der Waals surface area contributed by atoms with E-state index in [0.29, 0.717) is 19.2 Å². The Balaban J connectivity index is 2.84. The lowest BCUT2D eigenvalue weighted by molar-refractivity contribution is 0.0876. The fourth-order valence-electron chi connectivity index (χ4n) is 2.54. The van der Waals surface area contributed by atoms with Gasteiger partial charge >= 0.3 is 12.1 Å². The topological polar surface area (TPSA) is 102 Å². The minimum absolute atomic E-state index is 0.132. The number of carboxylic acid groups (broad SMARTS) is 1. The molecule has 9 heteroatoms. The average molecular weight is 387 g/mol. The number of carbonyl (C=O) groups is 2. The molecule has 0 aromatic heterocycles. The summed E-state index contributed by atoms with van der Waals surface area (Å²) in [5.41, 5.74) is 0.192. The molecule has 0 radical (unpaired) electrons. The van der Waals surface area contributed by atoms with Crippen molar-refractivity contribution >= 4 is 12.1 Å². The molecule has 27 heavy (non-hydrogen) atoms. The summed E-state index contributed by atoms with van der Waals surface area (Å²) in [4.78, 5) is 24.6. The van der Waals surface area contributed by atoms with Crippen molar-refractivity contribution in [3.05, 3.63) is 35.4 Å². The lowest BCUT2D eigenvalue weighted by Crippen LogP contribution is -2.52. The number of benzene rings is 1. The first kappa shape index (κ1) is 22.6. The summed E-state index contributed by atoms with van der Waals surface area (Å²) in [6.07, 6.45) is -2.78. The van der Waals surface area contributed by atoms with Crippen molar-refractivity contribution in [1.82, 2.24) is 15.5 Å². The molecule has 0 fully saturated rings. The minimum Gasteiger partial charge on any atom is -0.465 e. The molecule has 2 atom stereocenters. The smallest absolute Gasteiger partial charge is 0.404 e. The molecular weight excluding hydrogens is 360 g/mol. The van der Waals surface area contributed by atoms with E-state index in [1.807, 2.05) is 13.8 Å². The van der Waals surface area contributed by atoms with Gasteiger partial charge in [0, 0.05) is 19.2 Å². The number of urea groups is 1. The van der Waals surface area contributed by atoms with Crippen LogP contribution in [0, 0.1) is 17.6 Å². The van der Waals surface area contributed by atoms with Gasteiger partial charge in [-0.05, 0) is 37.0 Å². The molecule has 0 aliphatic rings. The number of aliphatic hydroxyl groups is 1. The van der Waals surface area contributed by atoms with Crippen molar-refractivity contribution in [2.75, 3.05) is 19.6 Å². The molecule has 0 spiro atoms. The van der Waals surface area contributed by atoms with Gasteiger partial charge in [0.05, 0.1) is 18.7 Å². The molecule has 0 bridgehead atoms. The zero-order chi connectivity index (χ0) is 20.6. The van der Waals surface area contributed by atoms with Crippen LogP contribution in [0.5, 0.6) is 0 Å². The van der Waals surface area contributed by atoms with E-state index in [9.17, 15) is 23.5 Å². The van der Waals surface area contributed by atoms with Gasteiger partial charge in [-0.3, -0.25) is 0 Å². The summed E-state index contributed by atoms with van der Waals surface area (Å²) in [6, 6.07) is 1.42. The molecule has 3 amide bonds.